The summed E-state index contributed by atoms with van der Waals surface area (Å²) in [5.41, 5.74) is 2.72. The SMILES string of the molecule is N#Cc1cc2c(nc1N1CCC(C(=O)N3CC4CCCCC4C3)CC1)CCOC2. The number of anilines is 1. The zero-order valence-electron chi connectivity index (χ0n) is 17.1. The van der Waals surface area contributed by atoms with Gasteiger partial charge < -0.3 is 14.5 Å². The van der Waals surface area contributed by atoms with Gasteiger partial charge in [-0.25, -0.2) is 4.98 Å². The molecule has 2 unspecified atom stereocenters. The molecular formula is C23H30N4O2. The molecule has 1 saturated carbocycles. The first-order valence-corrected chi connectivity index (χ1v) is 11.3. The third-order valence-corrected chi connectivity index (χ3v) is 7.46. The monoisotopic (exact) mass is 394 g/mol. The van der Waals surface area contributed by atoms with E-state index in [1.807, 2.05) is 6.07 Å². The molecule has 1 aromatic rings. The number of hydrogen-bond donors (Lipinski definition) is 0. The van der Waals surface area contributed by atoms with Crippen LogP contribution < -0.4 is 4.90 Å². The fraction of sp³-hybridized carbons (Fsp3) is 0.696. The minimum Gasteiger partial charge on any atom is -0.376 e. The van der Waals surface area contributed by atoms with Gasteiger partial charge in [-0.2, -0.15) is 5.26 Å². The van der Waals surface area contributed by atoms with Gasteiger partial charge in [-0.3, -0.25) is 4.79 Å². The van der Waals surface area contributed by atoms with Gasteiger partial charge in [0.1, 0.15) is 11.9 Å². The molecule has 6 heteroatoms. The lowest BCUT2D eigenvalue weighted by molar-refractivity contribution is -0.135. The second-order valence-electron chi connectivity index (χ2n) is 9.19. The van der Waals surface area contributed by atoms with E-state index >= 15 is 0 Å². The van der Waals surface area contributed by atoms with E-state index in [0.29, 0.717) is 24.7 Å². The van der Waals surface area contributed by atoms with Crippen LogP contribution in [0.25, 0.3) is 0 Å². The summed E-state index contributed by atoms with van der Waals surface area (Å²) < 4.78 is 5.50. The average Bonchev–Trinajstić information content (AvgIpc) is 3.22. The summed E-state index contributed by atoms with van der Waals surface area (Å²) in [7, 11) is 0. The molecule has 0 N–H and O–H groups in total. The van der Waals surface area contributed by atoms with E-state index in [9.17, 15) is 10.1 Å². The van der Waals surface area contributed by atoms with Gasteiger partial charge in [0.15, 0.2) is 0 Å². The minimum atomic E-state index is 0.128. The lowest BCUT2D eigenvalue weighted by atomic mass is 9.82. The molecule has 0 radical (unpaired) electrons. The summed E-state index contributed by atoms with van der Waals surface area (Å²) in [6, 6.07) is 4.26. The largest absolute Gasteiger partial charge is 0.376 e. The first kappa shape index (κ1) is 18.9. The Kier molecular flexibility index (Phi) is 5.17. The smallest absolute Gasteiger partial charge is 0.225 e. The summed E-state index contributed by atoms with van der Waals surface area (Å²) in [6.45, 7) is 4.81. The number of pyridine rings is 1. The van der Waals surface area contributed by atoms with Crippen LogP contribution >= 0.6 is 0 Å². The second kappa shape index (κ2) is 7.95. The molecule has 0 spiro atoms. The Hall–Kier alpha value is -2.13. The predicted octanol–water partition coefficient (Wildman–Crippen LogP) is 2.89. The molecule has 1 amide bonds. The Bertz CT molecular complexity index is 811. The number of amides is 1. The van der Waals surface area contributed by atoms with E-state index in [1.165, 1.54) is 25.7 Å². The van der Waals surface area contributed by atoms with Crippen molar-refractivity contribution in [3.63, 3.8) is 0 Å². The summed E-state index contributed by atoms with van der Waals surface area (Å²) in [6.07, 6.45) is 7.80. The fourth-order valence-corrected chi connectivity index (χ4v) is 5.78. The van der Waals surface area contributed by atoms with E-state index < -0.39 is 0 Å². The maximum Gasteiger partial charge on any atom is 0.225 e. The number of aromatic nitrogens is 1. The summed E-state index contributed by atoms with van der Waals surface area (Å²) >= 11 is 0. The van der Waals surface area contributed by atoms with Crippen LogP contribution in [0.15, 0.2) is 6.07 Å². The molecule has 29 heavy (non-hydrogen) atoms. The van der Waals surface area contributed by atoms with E-state index in [2.05, 4.69) is 15.9 Å². The molecule has 154 valence electrons. The Morgan fingerprint density at radius 1 is 1.14 bits per heavy atom. The van der Waals surface area contributed by atoms with Crippen molar-refractivity contribution in [3.05, 3.63) is 22.9 Å². The normalized spacial score (nSPS) is 27.3. The Balaban J connectivity index is 1.24. The van der Waals surface area contributed by atoms with Crippen LogP contribution in [-0.4, -0.2) is 48.6 Å². The highest BCUT2D eigenvalue weighted by Gasteiger charge is 2.39. The lowest BCUT2D eigenvalue weighted by Crippen LogP contribution is -2.42. The summed E-state index contributed by atoms with van der Waals surface area (Å²) in [4.78, 5) is 22.3. The number of piperidine rings is 1. The second-order valence-corrected chi connectivity index (χ2v) is 9.19. The van der Waals surface area contributed by atoms with Crippen LogP contribution in [0.2, 0.25) is 0 Å². The Morgan fingerprint density at radius 3 is 2.55 bits per heavy atom. The number of fused-ring (bicyclic) bond motifs is 2. The van der Waals surface area contributed by atoms with Crippen LogP contribution in [0, 0.1) is 29.1 Å². The van der Waals surface area contributed by atoms with E-state index in [1.54, 1.807) is 0 Å². The standard InChI is InChI=1S/C23H30N4O2/c24-12-19-11-20-15-29-10-7-21(20)25-22(19)26-8-5-16(6-9-26)23(28)27-13-17-3-1-2-4-18(17)14-27/h11,16-18H,1-10,13-15H2. The molecule has 1 aromatic heterocycles. The first-order chi connectivity index (χ1) is 14.2. The maximum atomic E-state index is 13.1. The summed E-state index contributed by atoms with van der Waals surface area (Å²) in [5.74, 6) is 2.79. The number of nitrogens with zero attached hydrogens (tertiary/aromatic N) is 4. The quantitative estimate of drug-likeness (QED) is 0.771. The highest BCUT2D eigenvalue weighted by molar-refractivity contribution is 5.79. The van der Waals surface area contributed by atoms with Gasteiger partial charge in [-0.1, -0.05) is 12.8 Å². The van der Waals surface area contributed by atoms with Gasteiger partial charge in [0.05, 0.1) is 24.5 Å². The molecule has 0 bridgehead atoms. The molecule has 4 heterocycles. The zero-order chi connectivity index (χ0) is 19.8. The fourth-order valence-electron chi connectivity index (χ4n) is 5.78. The molecule has 2 atom stereocenters. The zero-order valence-corrected chi connectivity index (χ0v) is 17.1. The van der Waals surface area contributed by atoms with Crippen molar-refractivity contribution in [1.29, 1.82) is 5.26 Å². The Morgan fingerprint density at radius 2 is 1.86 bits per heavy atom. The van der Waals surface area contributed by atoms with Crippen LogP contribution in [0.3, 0.4) is 0 Å². The van der Waals surface area contributed by atoms with Gasteiger partial charge in [0.25, 0.3) is 0 Å². The van der Waals surface area contributed by atoms with Gasteiger partial charge in [-0.15, -0.1) is 0 Å². The Labute approximate surface area is 172 Å². The maximum absolute atomic E-state index is 13.1. The van der Waals surface area contributed by atoms with E-state index in [4.69, 9.17) is 9.72 Å². The third kappa shape index (κ3) is 3.61. The van der Waals surface area contributed by atoms with Crippen molar-refractivity contribution in [2.24, 2.45) is 17.8 Å². The van der Waals surface area contributed by atoms with Crippen LogP contribution in [0.1, 0.15) is 55.3 Å². The van der Waals surface area contributed by atoms with Crippen molar-refractivity contribution in [2.75, 3.05) is 37.7 Å². The van der Waals surface area contributed by atoms with Crippen LogP contribution in [-0.2, 0) is 22.6 Å². The molecule has 6 nitrogen and oxygen atoms in total. The van der Waals surface area contributed by atoms with Crippen LogP contribution in [0.4, 0.5) is 5.82 Å². The van der Waals surface area contributed by atoms with Crippen molar-refractivity contribution in [3.8, 4) is 6.07 Å². The predicted molar refractivity (Wildman–Crippen MR) is 109 cm³/mol. The number of ether oxygens (including phenoxy) is 1. The molecule has 0 aromatic carbocycles. The van der Waals surface area contributed by atoms with E-state index in [-0.39, 0.29) is 5.92 Å². The highest BCUT2D eigenvalue weighted by Crippen LogP contribution is 2.37. The van der Waals surface area contributed by atoms with Gasteiger partial charge in [0.2, 0.25) is 5.91 Å². The van der Waals surface area contributed by atoms with Crippen molar-refractivity contribution >= 4 is 11.7 Å². The van der Waals surface area contributed by atoms with E-state index in [0.717, 1.165) is 74.4 Å². The van der Waals surface area contributed by atoms with Gasteiger partial charge in [0, 0.05) is 44.1 Å². The first-order valence-electron chi connectivity index (χ1n) is 11.3. The third-order valence-electron chi connectivity index (χ3n) is 7.46. The molecule has 5 rings (SSSR count). The van der Waals surface area contributed by atoms with Crippen molar-refractivity contribution in [2.45, 2.75) is 51.6 Å². The molecule has 3 fully saturated rings. The topological polar surface area (TPSA) is 69.5 Å². The number of nitriles is 1. The molecular weight excluding hydrogens is 364 g/mol. The van der Waals surface area contributed by atoms with Crippen molar-refractivity contribution < 1.29 is 9.53 Å². The minimum absolute atomic E-state index is 0.128. The lowest BCUT2D eigenvalue weighted by Gasteiger charge is -2.34. The number of carbonyl (C=O) groups is 1. The molecule has 4 aliphatic rings. The van der Waals surface area contributed by atoms with Crippen LogP contribution in [0.5, 0.6) is 0 Å². The van der Waals surface area contributed by atoms with Gasteiger partial charge >= 0.3 is 0 Å². The number of hydrogen-bond acceptors (Lipinski definition) is 5. The molecule has 2 saturated heterocycles. The van der Waals surface area contributed by atoms with Gasteiger partial charge in [-0.05, 0) is 43.6 Å². The highest BCUT2D eigenvalue weighted by atomic mass is 16.5. The number of rotatable bonds is 2. The molecule has 3 aliphatic heterocycles. The molecule has 1 aliphatic carbocycles. The number of likely N-dealkylation sites (tertiary alicyclic amines) is 1. The number of carbonyl (C=O) groups excluding carboxylic acids is 1. The summed E-state index contributed by atoms with van der Waals surface area (Å²) in [5, 5.41) is 9.62. The van der Waals surface area contributed by atoms with Crippen molar-refractivity contribution in [1.82, 2.24) is 9.88 Å². The average molecular weight is 395 g/mol.